The molecule has 1 amide bonds. The molecule has 0 saturated carbocycles. The van der Waals surface area contributed by atoms with Crippen molar-refractivity contribution < 1.29 is 19.2 Å². The van der Waals surface area contributed by atoms with Crippen molar-refractivity contribution in [3.05, 3.63) is 33.9 Å². The molecule has 1 aliphatic heterocycles. The van der Waals surface area contributed by atoms with Gasteiger partial charge in [-0.15, -0.1) is 0 Å². The predicted molar refractivity (Wildman–Crippen MR) is 81.2 cm³/mol. The van der Waals surface area contributed by atoms with E-state index >= 15 is 0 Å². The second-order valence-electron chi connectivity index (χ2n) is 5.65. The van der Waals surface area contributed by atoms with Crippen LogP contribution in [0.2, 0.25) is 0 Å². The van der Waals surface area contributed by atoms with Crippen LogP contribution in [-0.4, -0.2) is 44.3 Å². The van der Waals surface area contributed by atoms with Crippen molar-refractivity contribution in [1.29, 1.82) is 0 Å². The first-order chi connectivity index (χ1) is 10.4. The van der Waals surface area contributed by atoms with Crippen LogP contribution < -0.4 is 4.90 Å². The number of hydrogen-bond acceptors (Lipinski definition) is 5. The first-order valence-electron chi connectivity index (χ1n) is 7.07. The van der Waals surface area contributed by atoms with Gasteiger partial charge in [0.25, 0.3) is 5.69 Å². The van der Waals surface area contributed by atoms with Crippen molar-refractivity contribution in [3.8, 4) is 0 Å². The number of carbonyl (C=O) groups is 1. The fourth-order valence-electron chi connectivity index (χ4n) is 2.56. The number of hydrogen-bond donors (Lipinski definition) is 0. The summed E-state index contributed by atoms with van der Waals surface area (Å²) in [6, 6.07) is 4.54. The van der Waals surface area contributed by atoms with E-state index in [1.54, 1.807) is 31.9 Å². The van der Waals surface area contributed by atoms with Crippen LogP contribution in [0.15, 0.2) is 18.2 Å². The Labute approximate surface area is 129 Å². The number of rotatable bonds is 7. The Morgan fingerprint density at radius 3 is 2.64 bits per heavy atom. The SMILES string of the molecule is COCCOCCN1C(=O)C(C)(C)c2cc([N+](=O)[O-])ccc21. The van der Waals surface area contributed by atoms with Crippen molar-refractivity contribution in [2.45, 2.75) is 19.3 Å². The number of non-ortho nitro benzene ring substituents is 1. The second-order valence-corrected chi connectivity index (χ2v) is 5.65. The van der Waals surface area contributed by atoms with E-state index in [4.69, 9.17) is 9.47 Å². The Hall–Kier alpha value is -1.99. The summed E-state index contributed by atoms with van der Waals surface area (Å²) in [6.07, 6.45) is 0. The minimum absolute atomic E-state index is 0.00202. The topological polar surface area (TPSA) is 81.9 Å². The Morgan fingerprint density at radius 1 is 1.27 bits per heavy atom. The number of methoxy groups -OCH3 is 1. The largest absolute Gasteiger partial charge is 0.382 e. The van der Waals surface area contributed by atoms with E-state index in [1.807, 2.05) is 0 Å². The highest BCUT2D eigenvalue weighted by atomic mass is 16.6. The standard InChI is InChI=1S/C15H20N2O5/c1-15(2)12-10-11(17(19)20)4-5-13(12)16(14(15)18)6-7-22-9-8-21-3/h4-5,10H,6-9H2,1-3H3. The Balaban J connectivity index is 2.18. The molecule has 1 aliphatic rings. The zero-order chi connectivity index (χ0) is 16.3. The summed E-state index contributed by atoms with van der Waals surface area (Å²) in [5.41, 5.74) is 0.630. The van der Waals surface area contributed by atoms with Crippen LogP contribution in [0, 0.1) is 10.1 Å². The average molecular weight is 308 g/mol. The van der Waals surface area contributed by atoms with Crippen LogP contribution in [-0.2, 0) is 19.7 Å². The van der Waals surface area contributed by atoms with Gasteiger partial charge in [-0.3, -0.25) is 14.9 Å². The molecule has 0 fully saturated rings. The maximum Gasteiger partial charge on any atom is 0.269 e. The zero-order valence-corrected chi connectivity index (χ0v) is 13.0. The summed E-state index contributed by atoms with van der Waals surface area (Å²) in [5, 5.41) is 10.9. The number of anilines is 1. The molecule has 1 heterocycles. The third-order valence-electron chi connectivity index (χ3n) is 3.83. The van der Waals surface area contributed by atoms with Gasteiger partial charge in [-0.05, 0) is 25.5 Å². The molecule has 1 aromatic rings. The smallest absolute Gasteiger partial charge is 0.269 e. The third kappa shape index (κ3) is 2.95. The number of benzene rings is 1. The van der Waals surface area contributed by atoms with Gasteiger partial charge in [-0.2, -0.15) is 0 Å². The molecule has 2 rings (SSSR count). The zero-order valence-electron chi connectivity index (χ0n) is 13.0. The molecule has 0 atom stereocenters. The lowest BCUT2D eigenvalue weighted by Gasteiger charge is -2.20. The van der Waals surface area contributed by atoms with E-state index in [-0.39, 0.29) is 11.6 Å². The Kier molecular flexibility index (Phi) is 4.77. The Morgan fingerprint density at radius 2 is 2.00 bits per heavy atom. The normalized spacial score (nSPS) is 16.0. The van der Waals surface area contributed by atoms with Crippen LogP contribution >= 0.6 is 0 Å². The number of nitro benzene ring substituents is 1. The van der Waals surface area contributed by atoms with Crippen LogP contribution in [0.1, 0.15) is 19.4 Å². The number of carbonyl (C=O) groups excluding carboxylic acids is 1. The first-order valence-corrected chi connectivity index (χ1v) is 7.07. The number of amides is 1. The highest BCUT2D eigenvalue weighted by Gasteiger charge is 2.44. The van der Waals surface area contributed by atoms with Gasteiger partial charge in [0, 0.05) is 31.5 Å². The number of nitrogens with zero attached hydrogens (tertiary/aromatic N) is 2. The van der Waals surface area contributed by atoms with Gasteiger partial charge in [0.2, 0.25) is 5.91 Å². The van der Waals surface area contributed by atoms with Crippen LogP contribution in [0.4, 0.5) is 11.4 Å². The van der Waals surface area contributed by atoms with Crippen LogP contribution in [0.25, 0.3) is 0 Å². The van der Waals surface area contributed by atoms with Crippen LogP contribution in [0.3, 0.4) is 0 Å². The molecule has 22 heavy (non-hydrogen) atoms. The number of nitro groups is 1. The summed E-state index contributed by atoms with van der Waals surface area (Å²) in [6.45, 7) is 5.34. The van der Waals surface area contributed by atoms with E-state index in [0.29, 0.717) is 31.9 Å². The quantitative estimate of drug-likeness (QED) is 0.436. The molecule has 7 heteroatoms. The van der Waals surface area contributed by atoms with Gasteiger partial charge in [-0.1, -0.05) is 0 Å². The monoisotopic (exact) mass is 308 g/mol. The molecule has 0 radical (unpaired) electrons. The summed E-state index contributed by atoms with van der Waals surface area (Å²) < 4.78 is 10.3. The highest BCUT2D eigenvalue weighted by Crippen LogP contribution is 2.42. The molecule has 0 bridgehead atoms. The fourth-order valence-corrected chi connectivity index (χ4v) is 2.56. The molecule has 7 nitrogen and oxygen atoms in total. The Bertz CT molecular complexity index is 585. The predicted octanol–water partition coefficient (Wildman–Crippen LogP) is 1.88. The van der Waals surface area contributed by atoms with E-state index in [0.717, 1.165) is 5.69 Å². The minimum atomic E-state index is -0.770. The fraction of sp³-hybridized carbons (Fsp3) is 0.533. The van der Waals surface area contributed by atoms with Gasteiger partial charge in [0.15, 0.2) is 0 Å². The molecule has 0 aliphatic carbocycles. The van der Waals surface area contributed by atoms with E-state index in [2.05, 4.69) is 0 Å². The van der Waals surface area contributed by atoms with E-state index < -0.39 is 10.3 Å². The highest BCUT2D eigenvalue weighted by molar-refractivity contribution is 6.07. The maximum atomic E-state index is 12.6. The molecule has 0 unspecified atom stereocenters. The molecule has 0 spiro atoms. The number of fused-ring (bicyclic) bond motifs is 1. The van der Waals surface area contributed by atoms with Crippen molar-refractivity contribution in [3.63, 3.8) is 0 Å². The third-order valence-corrected chi connectivity index (χ3v) is 3.83. The lowest BCUT2D eigenvalue weighted by molar-refractivity contribution is -0.384. The molecular weight excluding hydrogens is 288 g/mol. The summed E-state index contributed by atoms with van der Waals surface area (Å²) in [5.74, 6) is -0.0710. The van der Waals surface area contributed by atoms with Crippen LogP contribution in [0.5, 0.6) is 0 Å². The molecule has 0 N–H and O–H groups in total. The van der Waals surface area contributed by atoms with Gasteiger partial charge < -0.3 is 14.4 Å². The van der Waals surface area contributed by atoms with E-state index in [9.17, 15) is 14.9 Å². The van der Waals surface area contributed by atoms with Gasteiger partial charge >= 0.3 is 0 Å². The molecule has 1 aromatic carbocycles. The van der Waals surface area contributed by atoms with Gasteiger partial charge in [0.05, 0.1) is 30.2 Å². The van der Waals surface area contributed by atoms with Crippen molar-refractivity contribution in [2.24, 2.45) is 0 Å². The summed E-state index contributed by atoms with van der Waals surface area (Å²) in [4.78, 5) is 24.7. The minimum Gasteiger partial charge on any atom is -0.382 e. The van der Waals surface area contributed by atoms with Gasteiger partial charge in [-0.25, -0.2) is 0 Å². The van der Waals surface area contributed by atoms with Crippen molar-refractivity contribution in [2.75, 3.05) is 38.4 Å². The molecule has 120 valence electrons. The summed E-state index contributed by atoms with van der Waals surface area (Å²) >= 11 is 0. The first kappa shape index (κ1) is 16.4. The van der Waals surface area contributed by atoms with Crippen molar-refractivity contribution >= 4 is 17.3 Å². The maximum absolute atomic E-state index is 12.6. The average Bonchev–Trinajstić information content (AvgIpc) is 2.67. The second kappa shape index (κ2) is 6.41. The lowest BCUT2D eigenvalue weighted by Crippen LogP contribution is -2.38. The summed E-state index contributed by atoms with van der Waals surface area (Å²) in [7, 11) is 1.60. The molecule has 0 saturated heterocycles. The number of ether oxygens (including phenoxy) is 2. The van der Waals surface area contributed by atoms with E-state index in [1.165, 1.54) is 12.1 Å². The molecule has 0 aromatic heterocycles. The lowest BCUT2D eigenvalue weighted by atomic mass is 9.86. The van der Waals surface area contributed by atoms with Crippen molar-refractivity contribution in [1.82, 2.24) is 0 Å². The van der Waals surface area contributed by atoms with Gasteiger partial charge in [0.1, 0.15) is 0 Å². The molecular formula is C15H20N2O5.